The Hall–Kier alpha value is -9.11. The van der Waals surface area contributed by atoms with E-state index in [1.807, 2.05) is 104 Å². The minimum atomic E-state index is -0.487. The Morgan fingerprint density at radius 3 is 1.02 bits per heavy atom. The molecule has 0 saturated heterocycles. The van der Waals surface area contributed by atoms with Gasteiger partial charge < -0.3 is 64.5 Å². The number of nitrogens with zero attached hydrogens (tertiary/aromatic N) is 3. The molecule has 0 aliphatic rings. The average molecular weight is 1140 g/mol. The number of amides is 4. The highest BCUT2D eigenvalue weighted by Crippen LogP contribution is 2.19. The van der Waals surface area contributed by atoms with E-state index in [9.17, 15) is 48.9 Å². The van der Waals surface area contributed by atoms with Gasteiger partial charge in [-0.15, -0.1) is 0 Å². The zero-order valence-corrected chi connectivity index (χ0v) is 47.0. The second kappa shape index (κ2) is 36.3. The van der Waals surface area contributed by atoms with Crippen LogP contribution in [-0.4, -0.2) is 98.6 Å². The fourth-order valence-corrected chi connectivity index (χ4v) is 8.11. The maximum atomic E-state index is 12.9. The van der Waals surface area contributed by atoms with Gasteiger partial charge >= 0.3 is 0 Å². The second-order valence-electron chi connectivity index (χ2n) is 18.6. The van der Waals surface area contributed by atoms with Crippen LogP contribution in [0.5, 0.6) is 17.2 Å². The third kappa shape index (κ3) is 21.1. The maximum absolute atomic E-state index is 12.9. The van der Waals surface area contributed by atoms with Crippen molar-refractivity contribution in [3.63, 3.8) is 0 Å². The first-order valence-corrected chi connectivity index (χ1v) is 27.6. The first-order valence-electron chi connectivity index (χ1n) is 27.6. The maximum Gasteiger partial charge on any atom is 0.271 e. The number of carbonyl (C=O) groups is 4. The van der Waals surface area contributed by atoms with E-state index in [1.165, 1.54) is 45.9 Å². The molecule has 0 radical (unpaired) electrons. The molecule has 0 bridgehead atoms. The summed E-state index contributed by atoms with van der Waals surface area (Å²) < 4.78 is 21.7. The lowest BCUT2D eigenvalue weighted by Gasteiger charge is -2.17. The van der Waals surface area contributed by atoms with E-state index in [2.05, 4.69) is 28.2 Å². The SMILES string of the molecule is CCCCCNC(=O)c1c(OCc2ccccc2)c(=O)ccn1CCO.CCCNC(=O)c1c(OCc2ccccc2)c(=O)ccn1CCO.O=C(NCCCNC(=O)c1c(OCc2ccccc2)c(=O)ccn1CCO)c1ccccc1. The summed E-state index contributed by atoms with van der Waals surface area (Å²) in [5.41, 5.74) is 2.44. The number of aliphatic hydroxyl groups excluding tert-OH is 3. The van der Waals surface area contributed by atoms with Gasteiger partial charge in [-0.25, -0.2) is 0 Å². The number of aliphatic hydroxyl groups is 3. The van der Waals surface area contributed by atoms with E-state index in [0.717, 1.165) is 42.4 Å². The molecule has 0 aliphatic heterocycles. The molecule has 0 aliphatic carbocycles. The van der Waals surface area contributed by atoms with Crippen molar-refractivity contribution in [1.82, 2.24) is 35.0 Å². The fourth-order valence-electron chi connectivity index (χ4n) is 8.11. The van der Waals surface area contributed by atoms with Gasteiger partial charge in [0.2, 0.25) is 16.3 Å². The van der Waals surface area contributed by atoms with E-state index >= 15 is 0 Å². The summed E-state index contributed by atoms with van der Waals surface area (Å²) in [7, 11) is 0. The zero-order chi connectivity index (χ0) is 59.6. The number of ether oxygens (including phenoxy) is 3. The van der Waals surface area contributed by atoms with Crippen LogP contribution in [0.3, 0.4) is 0 Å². The third-order valence-electron chi connectivity index (χ3n) is 12.3. The van der Waals surface area contributed by atoms with Gasteiger partial charge in [0.25, 0.3) is 23.6 Å². The van der Waals surface area contributed by atoms with Gasteiger partial charge in [0, 0.05) is 88.2 Å². The Kier molecular flexibility index (Phi) is 28.3. The van der Waals surface area contributed by atoms with Crippen molar-refractivity contribution in [3.05, 3.63) is 228 Å². The largest absolute Gasteiger partial charge is 0.483 e. The standard InChI is InChI=1S/C25H27N3O5.C20H26N2O4.C18H22N2O4/c29-17-16-28-15-12-21(30)23(33-18-19-8-3-1-4-9-19)22(28)25(32)27-14-7-13-26-24(31)20-10-5-2-6-11-20;1-2-3-7-11-21-20(25)18-19(17(24)10-12-22(18)13-14-23)26-15-16-8-5-4-6-9-16;1-2-9-19-18(23)16-17(15(22)8-10-20(16)11-12-21)24-13-14-6-4-3-5-7-14/h1-6,8-12,15,29H,7,13-14,16-18H2,(H,26,31)(H,27,32);4-6,8-10,12,23H,2-3,7,11,13-15H2,1H3,(H,21,25);3-8,10,21H,2,9,11-13H2,1H3,(H,19,23). The van der Waals surface area contributed by atoms with E-state index in [-0.39, 0.29) is 129 Å². The van der Waals surface area contributed by atoms with E-state index in [0.29, 0.717) is 31.6 Å². The minimum absolute atomic E-state index is 0.00315. The molecule has 20 nitrogen and oxygen atoms in total. The number of unbranched alkanes of at least 4 members (excludes halogenated alkanes) is 2. The molecule has 0 fully saturated rings. The van der Waals surface area contributed by atoms with Gasteiger partial charge in [-0.2, -0.15) is 0 Å². The number of rotatable bonds is 29. The van der Waals surface area contributed by atoms with E-state index < -0.39 is 11.3 Å². The van der Waals surface area contributed by atoms with Crippen LogP contribution in [0.15, 0.2) is 173 Å². The van der Waals surface area contributed by atoms with Crippen LogP contribution in [0.1, 0.15) is 104 Å². The van der Waals surface area contributed by atoms with Crippen LogP contribution < -0.4 is 51.8 Å². The first-order chi connectivity index (χ1) is 40.4. The summed E-state index contributed by atoms with van der Waals surface area (Å²) in [5, 5.41) is 39.0. The van der Waals surface area contributed by atoms with Gasteiger partial charge in [-0.1, -0.05) is 136 Å². The lowest BCUT2D eigenvalue weighted by molar-refractivity contribution is 0.0924. The molecule has 3 heterocycles. The summed E-state index contributed by atoms with van der Waals surface area (Å²) in [4.78, 5) is 87.1. The molecule has 0 spiro atoms. The van der Waals surface area contributed by atoms with Crippen LogP contribution in [0, 0.1) is 0 Å². The van der Waals surface area contributed by atoms with Crippen molar-refractivity contribution >= 4 is 23.6 Å². The van der Waals surface area contributed by atoms with E-state index in [4.69, 9.17) is 14.2 Å². The van der Waals surface area contributed by atoms with Crippen LogP contribution in [0.25, 0.3) is 0 Å². The zero-order valence-electron chi connectivity index (χ0n) is 47.0. The highest BCUT2D eigenvalue weighted by atomic mass is 16.5. The summed E-state index contributed by atoms with van der Waals surface area (Å²) in [6, 6.07) is 41.0. The predicted octanol–water partition coefficient (Wildman–Crippen LogP) is 5.87. The summed E-state index contributed by atoms with van der Waals surface area (Å²) in [6.45, 7) is 6.30. The number of carbonyl (C=O) groups excluding carboxylic acids is 4. The smallest absolute Gasteiger partial charge is 0.271 e. The molecule has 0 unspecified atom stereocenters. The van der Waals surface area contributed by atoms with Crippen LogP contribution >= 0.6 is 0 Å². The molecule has 440 valence electrons. The number of hydrogen-bond acceptors (Lipinski definition) is 13. The van der Waals surface area contributed by atoms with Gasteiger partial charge in [0.1, 0.15) is 19.8 Å². The molecular weight excluding hydrogens is 1060 g/mol. The molecule has 7 N–H and O–H groups in total. The Morgan fingerprint density at radius 2 is 0.699 bits per heavy atom. The molecule has 7 aromatic rings. The molecule has 83 heavy (non-hydrogen) atoms. The van der Waals surface area contributed by atoms with Crippen LogP contribution in [0.4, 0.5) is 0 Å². The van der Waals surface area contributed by atoms with Crippen molar-refractivity contribution in [1.29, 1.82) is 0 Å². The molecule has 7 rings (SSSR count). The monoisotopic (exact) mass is 1140 g/mol. The Labute approximate surface area is 482 Å². The number of benzene rings is 4. The van der Waals surface area contributed by atoms with Crippen molar-refractivity contribution in [3.8, 4) is 17.2 Å². The highest BCUT2D eigenvalue weighted by molar-refractivity contribution is 5.96. The van der Waals surface area contributed by atoms with Crippen molar-refractivity contribution in [2.24, 2.45) is 0 Å². The molecule has 3 aromatic heterocycles. The molecule has 0 atom stereocenters. The Bertz CT molecular complexity index is 3280. The van der Waals surface area contributed by atoms with Gasteiger partial charge in [0.05, 0.1) is 19.8 Å². The van der Waals surface area contributed by atoms with Gasteiger partial charge in [0.15, 0.2) is 34.3 Å². The van der Waals surface area contributed by atoms with Crippen LogP contribution in [-0.2, 0) is 39.5 Å². The third-order valence-corrected chi connectivity index (χ3v) is 12.3. The van der Waals surface area contributed by atoms with Crippen molar-refractivity contribution in [2.75, 3.05) is 46.0 Å². The first kappa shape index (κ1) is 64.7. The molecule has 0 saturated carbocycles. The topological polar surface area (TPSA) is 271 Å². The summed E-state index contributed by atoms with van der Waals surface area (Å²) >= 11 is 0. The quantitative estimate of drug-likeness (QED) is 0.0271. The molecule has 20 heteroatoms. The highest BCUT2D eigenvalue weighted by Gasteiger charge is 2.23. The van der Waals surface area contributed by atoms with E-state index in [1.54, 1.807) is 28.8 Å². The normalized spacial score (nSPS) is 10.5. The van der Waals surface area contributed by atoms with Gasteiger partial charge in [-0.3, -0.25) is 33.6 Å². The lowest BCUT2D eigenvalue weighted by Crippen LogP contribution is -2.33. The van der Waals surface area contributed by atoms with Gasteiger partial charge in [-0.05, 0) is 48.1 Å². The van der Waals surface area contributed by atoms with Crippen LogP contribution in [0.2, 0.25) is 0 Å². The predicted molar refractivity (Wildman–Crippen MR) is 316 cm³/mol. The fraction of sp³-hybridized carbons (Fsp3) is 0.317. The number of aromatic nitrogens is 3. The number of nitrogens with one attached hydrogen (secondary N) is 4. The molecule has 4 aromatic carbocycles. The molecular formula is C63H75N7O13. The average Bonchev–Trinajstić information content (AvgIpc) is 3.53. The molecule has 4 amide bonds. The lowest BCUT2D eigenvalue weighted by atomic mass is 10.2. The Morgan fingerprint density at radius 1 is 0.386 bits per heavy atom. The number of pyridine rings is 3. The number of hydrogen-bond donors (Lipinski definition) is 7. The minimum Gasteiger partial charge on any atom is -0.483 e. The summed E-state index contributed by atoms with van der Waals surface area (Å²) in [6.07, 6.45) is 8.70. The van der Waals surface area contributed by atoms with Crippen molar-refractivity contribution in [2.45, 2.75) is 85.4 Å². The second-order valence-corrected chi connectivity index (χ2v) is 18.6. The Balaban J connectivity index is 0.000000232. The van der Waals surface area contributed by atoms with Crippen molar-refractivity contribution < 1.29 is 48.7 Å². The summed E-state index contributed by atoms with van der Waals surface area (Å²) in [5.74, 6) is -1.47.